The van der Waals surface area contributed by atoms with Crippen molar-refractivity contribution < 1.29 is 8.42 Å². The lowest BCUT2D eigenvalue weighted by atomic mass is 9.99. The largest absolute Gasteiger partial charge is 0.306 e. The Labute approximate surface area is 131 Å². The molecule has 2 aliphatic rings. The number of thioether (sulfide) groups is 1. The van der Waals surface area contributed by atoms with E-state index in [1.807, 2.05) is 11.8 Å². The molecule has 1 aromatic rings. The van der Waals surface area contributed by atoms with Crippen LogP contribution in [0.2, 0.25) is 0 Å². The minimum atomic E-state index is -3.03. The number of sulfonamides is 1. The Kier molecular flexibility index (Phi) is 4.59. The molecule has 1 saturated heterocycles. The molecule has 0 saturated carbocycles. The van der Waals surface area contributed by atoms with Gasteiger partial charge in [-0.2, -0.15) is 11.8 Å². The van der Waals surface area contributed by atoms with Crippen molar-refractivity contribution in [1.29, 1.82) is 0 Å². The Balaban J connectivity index is 1.62. The molecule has 1 N–H and O–H groups in total. The number of nitrogens with zero attached hydrogens (tertiary/aromatic N) is 1. The molecule has 2 heterocycles. The summed E-state index contributed by atoms with van der Waals surface area (Å²) in [6.45, 7) is 1.27. The molecule has 3 rings (SSSR count). The first-order chi connectivity index (χ1) is 10.0. The molecule has 0 bridgehead atoms. The van der Waals surface area contributed by atoms with Crippen LogP contribution in [0.3, 0.4) is 0 Å². The third kappa shape index (κ3) is 3.62. The quantitative estimate of drug-likeness (QED) is 0.923. The molecule has 1 aromatic carbocycles. The molecule has 0 aliphatic carbocycles. The molecular weight excluding hydrogens is 304 g/mol. The second kappa shape index (κ2) is 6.28. The van der Waals surface area contributed by atoms with Crippen molar-refractivity contribution in [3.05, 3.63) is 35.4 Å². The van der Waals surface area contributed by atoms with Crippen LogP contribution in [0.1, 0.15) is 30.0 Å². The molecule has 0 aromatic heterocycles. The lowest BCUT2D eigenvalue weighted by Gasteiger charge is -2.35. The van der Waals surface area contributed by atoms with E-state index >= 15 is 0 Å². The van der Waals surface area contributed by atoms with Crippen LogP contribution in [0.4, 0.5) is 0 Å². The van der Waals surface area contributed by atoms with E-state index in [2.05, 4.69) is 29.6 Å². The highest BCUT2D eigenvalue weighted by Crippen LogP contribution is 2.32. The van der Waals surface area contributed by atoms with Crippen LogP contribution in [0.5, 0.6) is 0 Å². The third-order valence-electron chi connectivity index (χ3n) is 4.33. The monoisotopic (exact) mass is 326 g/mol. The predicted molar refractivity (Wildman–Crippen MR) is 87.9 cm³/mol. The number of nitrogens with one attached hydrogen (secondary N) is 1. The molecule has 1 atom stereocenters. The van der Waals surface area contributed by atoms with E-state index in [4.69, 9.17) is 0 Å². The second-order valence-electron chi connectivity index (χ2n) is 5.87. The first kappa shape index (κ1) is 15.3. The molecule has 2 aliphatic heterocycles. The summed E-state index contributed by atoms with van der Waals surface area (Å²) in [6.07, 6.45) is 3.10. The van der Waals surface area contributed by atoms with Gasteiger partial charge < -0.3 is 5.32 Å². The fourth-order valence-electron chi connectivity index (χ4n) is 3.16. The van der Waals surface area contributed by atoms with Gasteiger partial charge in [-0.1, -0.05) is 24.3 Å². The van der Waals surface area contributed by atoms with Gasteiger partial charge in [0.2, 0.25) is 10.0 Å². The maximum absolute atomic E-state index is 11.5. The van der Waals surface area contributed by atoms with Crippen LogP contribution in [0.25, 0.3) is 0 Å². The number of benzene rings is 1. The molecule has 0 radical (unpaired) electrons. The van der Waals surface area contributed by atoms with Crippen LogP contribution in [0.15, 0.2) is 24.3 Å². The highest BCUT2D eigenvalue weighted by molar-refractivity contribution is 7.98. The van der Waals surface area contributed by atoms with Gasteiger partial charge >= 0.3 is 0 Å². The Morgan fingerprint density at radius 3 is 2.67 bits per heavy atom. The average molecular weight is 326 g/mol. The predicted octanol–water partition coefficient (Wildman–Crippen LogP) is 1.99. The van der Waals surface area contributed by atoms with Crippen LogP contribution in [-0.2, 0) is 15.8 Å². The standard InChI is InChI=1S/C15H22N2O2S2/c1-21(18,19)17-8-6-13(7-9-17)16-15-11-20-10-12-4-2-3-5-14(12)15/h2-5,13,15-16H,6-11H2,1H3. The first-order valence-corrected chi connectivity index (χ1v) is 10.4. The molecule has 0 spiro atoms. The summed E-state index contributed by atoms with van der Waals surface area (Å²) in [5, 5.41) is 3.74. The summed E-state index contributed by atoms with van der Waals surface area (Å²) in [7, 11) is -3.03. The van der Waals surface area contributed by atoms with Gasteiger partial charge in [-0.3, -0.25) is 0 Å². The molecule has 0 amide bonds. The lowest BCUT2D eigenvalue weighted by molar-refractivity contribution is 0.279. The molecule has 116 valence electrons. The molecule has 1 unspecified atom stereocenters. The van der Waals surface area contributed by atoms with Gasteiger partial charge in [0.15, 0.2) is 0 Å². The maximum Gasteiger partial charge on any atom is 0.211 e. The number of piperidine rings is 1. The van der Waals surface area contributed by atoms with Crippen molar-refractivity contribution in [3.8, 4) is 0 Å². The Bertz CT molecular complexity index is 595. The molecule has 6 heteroatoms. The van der Waals surface area contributed by atoms with Crippen molar-refractivity contribution in [1.82, 2.24) is 9.62 Å². The molecule has 4 nitrogen and oxygen atoms in total. The Morgan fingerprint density at radius 1 is 1.24 bits per heavy atom. The molecular formula is C15H22N2O2S2. The Hall–Kier alpha value is -0.560. The van der Waals surface area contributed by atoms with Gasteiger partial charge in [0.05, 0.1) is 6.26 Å². The van der Waals surface area contributed by atoms with Crippen molar-refractivity contribution in [2.75, 3.05) is 25.1 Å². The van der Waals surface area contributed by atoms with Gasteiger partial charge in [-0.05, 0) is 24.0 Å². The number of rotatable bonds is 3. The van der Waals surface area contributed by atoms with Crippen LogP contribution >= 0.6 is 11.8 Å². The zero-order valence-corrected chi connectivity index (χ0v) is 13.9. The van der Waals surface area contributed by atoms with Crippen molar-refractivity contribution in [2.45, 2.75) is 30.7 Å². The highest BCUT2D eigenvalue weighted by atomic mass is 32.2. The summed E-state index contributed by atoms with van der Waals surface area (Å²) in [6, 6.07) is 9.46. The number of hydrogen-bond donors (Lipinski definition) is 1. The van der Waals surface area contributed by atoms with Crippen LogP contribution in [0, 0.1) is 0 Å². The van der Waals surface area contributed by atoms with E-state index in [-0.39, 0.29) is 0 Å². The van der Waals surface area contributed by atoms with E-state index in [1.165, 1.54) is 17.4 Å². The maximum atomic E-state index is 11.5. The van der Waals surface area contributed by atoms with E-state index in [0.717, 1.165) is 24.3 Å². The highest BCUT2D eigenvalue weighted by Gasteiger charge is 2.28. The van der Waals surface area contributed by atoms with Crippen molar-refractivity contribution >= 4 is 21.8 Å². The number of hydrogen-bond acceptors (Lipinski definition) is 4. The average Bonchev–Trinajstić information content (AvgIpc) is 2.47. The normalized spacial score (nSPS) is 24.7. The van der Waals surface area contributed by atoms with Crippen LogP contribution in [-0.4, -0.2) is 43.9 Å². The summed E-state index contributed by atoms with van der Waals surface area (Å²) >= 11 is 1.97. The minimum Gasteiger partial charge on any atom is -0.306 e. The van der Waals surface area contributed by atoms with Gasteiger partial charge in [0.25, 0.3) is 0 Å². The van der Waals surface area contributed by atoms with E-state index in [1.54, 1.807) is 4.31 Å². The summed E-state index contributed by atoms with van der Waals surface area (Å²) in [5.74, 6) is 2.20. The number of fused-ring (bicyclic) bond motifs is 1. The van der Waals surface area contributed by atoms with E-state index in [9.17, 15) is 8.42 Å². The summed E-state index contributed by atoms with van der Waals surface area (Å²) in [4.78, 5) is 0. The van der Waals surface area contributed by atoms with Crippen LogP contribution < -0.4 is 5.32 Å². The zero-order chi connectivity index (χ0) is 14.9. The van der Waals surface area contributed by atoms with E-state index in [0.29, 0.717) is 25.2 Å². The summed E-state index contributed by atoms with van der Waals surface area (Å²) in [5.41, 5.74) is 2.85. The summed E-state index contributed by atoms with van der Waals surface area (Å²) < 4.78 is 24.7. The molecule has 21 heavy (non-hydrogen) atoms. The van der Waals surface area contributed by atoms with Crippen molar-refractivity contribution in [2.24, 2.45) is 0 Å². The SMILES string of the molecule is CS(=O)(=O)N1CCC(NC2CSCc3ccccc32)CC1. The Morgan fingerprint density at radius 2 is 1.95 bits per heavy atom. The fraction of sp³-hybridized carbons (Fsp3) is 0.600. The third-order valence-corrected chi connectivity index (χ3v) is 6.72. The van der Waals surface area contributed by atoms with Gasteiger partial charge in [0.1, 0.15) is 0 Å². The van der Waals surface area contributed by atoms with Crippen molar-refractivity contribution in [3.63, 3.8) is 0 Å². The topological polar surface area (TPSA) is 49.4 Å². The lowest BCUT2D eigenvalue weighted by Crippen LogP contribution is -2.46. The zero-order valence-electron chi connectivity index (χ0n) is 12.3. The smallest absolute Gasteiger partial charge is 0.211 e. The van der Waals surface area contributed by atoms with Gasteiger partial charge in [0, 0.05) is 36.7 Å². The first-order valence-electron chi connectivity index (χ1n) is 7.41. The second-order valence-corrected chi connectivity index (χ2v) is 8.88. The minimum absolute atomic E-state index is 0.398. The van der Waals surface area contributed by atoms with Gasteiger partial charge in [-0.15, -0.1) is 0 Å². The van der Waals surface area contributed by atoms with E-state index < -0.39 is 10.0 Å². The molecule has 1 fully saturated rings. The fourth-order valence-corrected chi connectivity index (χ4v) is 5.14. The van der Waals surface area contributed by atoms with Gasteiger partial charge in [-0.25, -0.2) is 12.7 Å².